The van der Waals surface area contributed by atoms with Crippen LogP contribution in [0.1, 0.15) is 5.56 Å². The van der Waals surface area contributed by atoms with Crippen LogP contribution in [0.5, 0.6) is 0 Å². The maximum absolute atomic E-state index is 11.7. The summed E-state index contributed by atoms with van der Waals surface area (Å²) >= 11 is 0.280. The third-order valence-corrected chi connectivity index (χ3v) is 1.51. The first-order chi connectivity index (χ1) is 4.83. The summed E-state index contributed by atoms with van der Waals surface area (Å²) in [5, 5.41) is 0. The van der Waals surface area contributed by atoms with E-state index in [0.29, 0.717) is 11.6 Å². The van der Waals surface area contributed by atoms with Crippen molar-refractivity contribution in [2.75, 3.05) is 5.73 Å². The van der Waals surface area contributed by atoms with Crippen molar-refractivity contribution in [2.45, 2.75) is 5.75 Å². The molecule has 10 heavy (non-hydrogen) atoms. The molecule has 2 nitrogen and oxygen atoms in total. The maximum atomic E-state index is 11.7. The fourth-order valence-electron chi connectivity index (χ4n) is 0.647. The number of hydrogen-bond donors (Lipinski definition) is 1. The first kappa shape index (κ1) is 7.34. The number of halogens is 1. The van der Waals surface area contributed by atoms with Gasteiger partial charge >= 0.3 is 0 Å². The molecular weight excluding hydrogens is 151 g/mol. The number of pyridine rings is 1. The Morgan fingerprint density at radius 2 is 2.50 bits per heavy atom. The molecule has 4 heteroatoms. The normalized spacial score (nSPS) is 9.70. The summed E-state index contributed by atoms with van der Waals surface area (Å²) in [6.07, 6.45) is 1.57. The molecule has 1 heterocycles. The van der Waals surface area contributed by atoms with Crippen LogP contribution in [0.4, 0.5) is 9.70 Å². The average Bonchev–Trinajstić information content (AvgIpc) is 1.88. The van der Waals surface area contributed by atoms with E-state index < -0.39 is 0 Å². The van der Waals surface area contributed by atoms with E-state index in [4.69, 9.17) is 5.73 Å². The van der Waals surface area contributed by atoms with Gasteiger partial charge in [0, 0.05) is 18.3 Å². The Bertz CT molecular complexity index is 217. The molecule has 0 aliphatic rings. The maximum Gasteiger partial charge on any atom is 0.123 e. The number of aromatic nitrogens is 1. The highest BCUT2D eigenvalue weighted by Gasteiger charge is 1.92. The number of nitrogens with zero attached hydrogens (tertiary/aromatic N) is 1. The van der Waals surface area contributed by atoms with E-state index in [9.17, 15) is 3.89 Å². The van der Waals surface area contributed by atoms with Crippen molar-refractivity contribution >= 4 is 18.0 Å². The van der Waals surface area contributed by atoms with Crippen molar-refractivity contribution < 1.29 is 3.89 Å². The Morgan fingerprint density at radius 3 is 3.10 bits per heavy atom. The summed E-state index contributed by atoms with van der Waals surface area (Å²) in [6, 6.07) is 3.40. The van der Waals surface area contributed by atoms with Crippen LogP contribution in [0, 0.1) is 0 Å². The van der Waals surface area contributed by atoms with Crippen LogP contribution in [0.15, 0.2) is 18.3 Å². The second-order valence-electron chi connectivity index (χ2n) is 1.84. The van der Waals surface area contributed by atoms with E-state index in [1.807, 2.05) is 0 Å². The molecule has 2 N–H and O–H groups in total. The zero-order valence-electron chi connectivity index (χ0n) is 5.25. The molecular formula is C6H7FN2S. The van der Waals surface area contributed by atoms with E-state index in [2.05, 4.69) is 4.98 Å². The molecule has 0 saturated heterocycles. The van der Waals surface area contributed by atoms with Crippen LogP contribution in [-0.2, 0) is 5.75 Å². The quantitative estimate of drug-likeness (QED) is 0.713. The molecule has 0 fully saturated rings. The zero-order valence-corrected chi connectivity index (χ0v) is 6.07. The van der Waals surface area contributed by atoms with Crippen molar-refractivity contribution in [1.29, 1.82) is 0 Å². The van der Waals surface area contributed by atoms with Crippen LogP contribution < -0.4 is 5.73 Å². The molecule has 0 aromatic carbocycles. The molecule has 1 rings (SSSR count). The summed E-state index contributed by atoms with van der Waals surface area (Å²) in [5.41, 5.74) is 6.21. The molecule has 0 aliphatic heterocycles. The fourth-order valence-corrected chi connectivity index (χ4v) is 0.953. The smallest absolute Gasteiger partial charge is 0.123 e. The Morgan fingerprint density at radius 1 is 1.70 bits per heavy atom. The van der Waals surface area contributed by atoms with Crippen molar-refractivity contribution in [1.82, 2.24) is 4.98 Å². The standard InChI is InChI=1S/C6H7FN2S/c7-10-4-5-1-2-9-6(8)3-5/h1-3H,4H2,(H2,8,9). The average molecular weight is 158 g/mol. The number of nitrogens with two attached hydrogens (primary N) is 1. The van der Waals surface area contributed by atoms with Gasteiger partial charge in [-0.1, -0.05) is 0 Å². The molecule has 0 radical (unpaired) electrons. The van der Waals surface area contributed by atoms with E-state index >= 15 is 0 Å². The van der Waals surface area contributed by atoms with E-state index in [1.54, 1.807) is 18.3 Å². The van der Waals surface area contributed by atoms with Crippen molar-refractivity contribution in [2.24, 2.45) is 0 Å². The lowest BCUT2D eigenvalue weighted by Crippen LogP contribution is -1.90. The number of anilines is 1. The molecule has 0 spiro atoms. The number of rotatable bonds is 2. The Kier molecular flexibility index (Phi) is 2.50. The van der Waals surface area contributed by atoms with Gasteiger partial charge in [-0.25, -0.2) is 4.98 Å². The lowest BCUT2D eigenvalue weighted by Gasteiger charge is -1.95. The SMILES string of the molecule is Nc1cc(CSF)ccn1. The van der Waals surface area contributed by atoms with Gasteiger partial charge in [-0.2, -0.15) is 3.89 Å². The number of hydrogen-bond acceptors (Lipinski definition) is 3. The van der Waals surface area contributed by atoms with Crippen molar-refractivity contribution in [3.05, 3.63) is 23.9 Å². The van der Waals surface area contributed by atoms with Gasteiger partial charge in [0.1, 0.15) is 5.82 Å². The van der Waals surface area contributed by atoms with E-state index in [-0.39, 0.29) is 12.1 Å². The van der Waals surface area contributed by atoms with Gasteiger partial charge in [0.05, 0.1) is 5.75 Å². The van der Waals surface area contributed by atoms with Gasteiger partial charge in [0.15, 0.2) is 0 Å². The van der Waals surface area contributed by atoms with Gasteiger partial charge in [-0.15, -0.1) is 0 Å². The third-order valence-electron chi connectivity index (χ3n) is 1.07. The molecule has 0 unspecified atom stereocenters. The third kappa shape index (κ3) is 1.88. The first-order valence-corrected chi connectivity index (χ1v) is 3.65. The molecule has 0 atom stereocenters. The summed E-state index contributed by atoms with van der Waals surface area (Å²) < 4.78 is 11.7. The minimum absolute atomic E-state index is 0.280. The lowest BCUT2D eigenvalue weighted by atomic mass is 10.3. The van der Waals surface area contributed by atoms with Crippen LogP contribution in [0.3, 0.4) is 0 Å². The molecule has 54 valence electrons. The Balaban J connectivity index is 2.75. The monoisotopic (exact) mass is 158 g/mol. The minimum atomic E-state index is 0.280. The van der Waals surface area contributed by atoms with Crippen molar-refractivity contribution in [3.8, 4) is 0 Å². The topological polar surface area (TPSA) is 38.9 Å². The zero-order chi connectivity index (χ0) is 7.40. The Labute approximate surface area is 62.9 Å². The molecule has 1 aromatic heterocycles. The summed E-state index contributed by atoms with van der Waals surface area (Å²) in [6.45, 7) is 0. The van der Waals surface area contributed by atoms with E-state index in [1.165, 1.54) is 0 Å². The second-order valence-corrected chi connectivity index (χ2v) is 2.35. The summed E-state index contributed by atoms with van der Waals surface area (Å²) in [7, 11) is 0. The highest BCUT2D eigenvalue weighted by Crippen LogP contribution is 2.12. The van der Waals surface area contributed by atoms with Gasteiger partial charge < -0.3 is 5.73 Å². The number of nitrogen functional groups attached to an aromatic ring is 1. The highest BCUT2D eigenvalue weighted by molar-refractivity contribution is 7.93. The largest absolute Gasteiger partial charge is 0.384 e. The second kappa shape index (κ2) is 3.41. The van der Waals surface area contributed by atoms with Crippen molar-refractivity contribution in [3.63, 3.8) is 0 Å². The van der Waals surface area contributed by atoms with Crippen LogP contribution in [0.2, 0.25) is 0 Å². The minimum Gasteiger partial charge on any atom is -0.384 e. The summed E-state index contributed by atoms with van der Waals surface area (Å²) in [4.78, 5) is 3.77. The molecule has 0 amide bonds. The van der Waals surface area contributed by atoms with Gasteiger partial charge in [-0.3, -0.25) is 0 Å². The summed E-state index contributed by atoms with van der Waals surface area (Å²) in [5.74, 6) is 0.777. The lowest BCUT2D eigenvalue weighted by molar-refractivity contribution is 0.932. The van der Waals surface area contributed by atoms with Crippen LogP contribution >= 0.6 is 12.1 Å². The molecule has 1 aromatic rings. The van der Waals surface area contributed by atoms with Crippen LogP contribution in [-0.4, -0.2) is 4.98 Å². The first-order valence-electron chi connectivity index (χ1n) is 2.77. The van der Waals surface area contributed by atoms with Gasteiger partial charge in [0.2, 0.25) is 0 Å². The predicted molar refractivity (Wildman–Crippen MR) is 41.1 cm³/mol. The highest BCUT2D eigenvalue weighted by atomic mass is 32.2. The van der Waals surface area contributed by atoms with Gasteiger partial charge in [-0.05, 0) is 17.7 Å². The van der Waals surface area contributed by atoms with Crippen LogP contribution in [0.25, 0.3) is 0 Å². The molecule has 0 bridgehead atoms. The Hall–Kier alpha value is -0.770. The molecule has 0 aliphatic carbocycles. The molecule has 0 saturated carbocycles. The van der Waals surface area contributed by atoms with E-state index in [0.717, 1.165) is 5.56 Å². The predicted octanol–water partition coefficient (Wildman–Crippen LogP) is 1.78. The fraction of sp³-hybridized carbons (Fsp3) is 0.167. The van der Waals surface area contributed by atoms with Gasteiger partial charge in [0.25, 0.3) is 0 Å².